The largest absolute Gasteiger partial charge is 0.310 e. The normalized spacial score (nSPS) is 15.0. The molecule has 0 aromatic heterocycles. The average Bonchev–Trinajstić information content (AvgIpc) is 3.65. The van der Waals surface area contributed by atoms with Crippen LogP contribution in [0.4, 0.5) is 17.1 Å². The zero-order chi connectivity index (χ0) is 42.6. The smallest absolute Gasteiger partial charge is 0.0795 e. The molecule has 3 aliphatic rings. The van der Waals surface area contributed by atoms with E-state index in [0.29, 0.717) is 5.71 Å². The first-order chi connectivity index (χ1) is 31.7. The molecule has 300 valence electrons. The second-order valence-corrected chi connectivity index (χ2v) is 16.6. The molecule has 12 rings (SSSR count). The van der Waals surface area contributed by atoms with Crippen molar-refractivity contribution in [3.05, 3.63) is 276 Å². The zero-order valence-corrected chi connectivity index (χ0v) is 35.0. The lowest BCUT2D eigenvalue weighted by atomic mass is 9.64. The summed E-state index contributed by atoms with van der Waals surface area (Å²) in [6, 6.07) is 76.8. The molecule has 0 atom stereocenters. The van der Waals surface area contributed by atoms with Crippen molar-refractivity contribution in [2.24, 2.45) is 4.99 Å². The first kappa shape index (κ1) is 37.4. The number of aliphatic imine (C=N–C) groups is 1. The Labute approximate surface area is 373 Å². The summed E-state index contributed by atoms with van der Waals surface area (Å²) in [7, 11) is 0. The molecular weight excluding hydrogens is 775 g/mol. The van der Waals surface area contributed by atoms with E-state index in [1.807, 2.05) is 30.5 Å². The molecule has 0 bridgehead atoms. The molecule has 64 heavy (non-hydrogen) atoms. The molecule has 2 aliphatic carbocycles. The summed E-state index contributed by atoms with van der Waals surface area (Å²) in [5.74, 6) is 0. The standard InChI is InChI=1S/C61H41N3/c62-57-29-11-7-24-51(57)60(44-34-32-43(33-35-44)49-25-15-18-42-17-4-5-22-48(42)49)63-40-41-16-14-19-45(38-41)46-36-37-54-52(39-46)50-23-6-8-26-53(50)61(54)55-27-9-12-30-58(55)64(47-20-2-1-3-21-47)59-31-13-10-28-56(59)61/h1-40,62H/b60-51-,62-57?,63-40+. The Kier molecular flexibility index (Phi) is 8.87. The molecule has 1 aliphatic heterocycles. The fourth-order valence-corrected chi connectivity index (χ4v) is 10.4. The van der Waals surface area contributed by atoms with E-state index in [4.69, 9.17) is 10.4 Å². The van der Waals surface area contributed by atoms with Crippen LogP contribution < -0.4 is 4.90 Å². The molecular formula is C61H41N3. The number of nitrogens with zero attached hydrogens (tertiary/aromatic N) is 2. The number of fused-ring (bicyclic) bond motifs is 10. The number of hydrogen-bond acceptors (Lipinski definition) is 3. The zero-order valence-electron chi connectivity index (χ0n) is 35.0. The SMILES string of the molecule is N=C1C=CC=C/C1=C(/N=C/c1cccc(-c2ccc3c(c2)-c2ccccc2C32c3ccccc3N(c3ccccc3)c3ccccc32)c1)c1ccc(-c2cccc3ccccc23)cc1. The van der Waals surface area contributed by atoms with Gasteiger partial charge in [-0.3, -0.25) is 4.99 Å². The topological polar surface area (TPSA) is 39.5 Å². The van der Waals surface area contributed by atoms with Crippen molar-refractivity contribution in [1.82, 2.24) is 0 Å². The van der Waals surface area contributed by atoms with Crippen LogP contribution in [0.1, 0.15) is 33.4 Å². The Bertz CT molecular complexity index is 3410. The van der Waals surface area contributed by atoms with E-state index in [2.05, 4.69) is 217 Å². The molecule has 0 saturated heterocycles. The molecule has 3 nitrogen and oxygen atoms in total. The molecule has 0 amide bonds. The van der Waals surface area contributed by atoms with Crippen molar-refractivity contribution in [3.8, 4) is 33.4 Å². The Balaban J connectivity index is 0.937. The number of nitrogens with one attached hydrogen (secondary N) is 1. The van der Waals surface area contributed by atoms with Gasteiger partial charge in [0.05, 0.1) is 28.2 Å². The summed E-state index contributed by atoms with van der Waals surface area (Å²) in [5.41, 5.74) is 19.2. The van der Waals surface area contributed by atoms with Gasteiger partial charge in [0.15, 0.2) is 0 Å². The van der Waals surface area contributed by atoms with Crippen molar-refractivity contribution in [3.63, 3.8) is 0 Å². The van der Waals surface area contributed by atoms with Gasteiger partial charge in [-0.15, -0.1) is 0 Å². The van der Waals surface area contributed by atoms with Crippen LogP contribution in [0, 0.1) is 5.41 Å². The third kappa shape index (κ3) is 5.90. The summed E-state index contributed by atoms with van der Waals surface area (Å²) in [6.07, 6.45) is 9.64. The third-order valence-corrected chi connectivity index (χ3v) is 13.2. The molecule has 0 fully saturated rings. The summed E-state index contributed by atoms with van der Waals surface area (Å²) in [6.45, 7) is 0. The highest BCUT2D eigenvalue weighted by Gasteiger charge is 2.51. The Morgan fingerprint density at radius 2 is 1.08 bits per heavy atom. The van der Waals surface area contributed by atoms with Crippen LogP contribution >= 0.6 is 0 Å². The highest BCUT2D eigenvalue weighted by Crippen LogP contribution is 2.63. The highest BCUT2D eigenvalue weighted by atomic mass is 15.2. The number of anilines is 3. The monoisotopic (exact) mass is 815 g/mol. The lowest BCUT2D eigenvalue weighted by molar-refractivity contribution is 0.753. The van der Waals surface area contributed by atoms with Crippen molar-refractivity contribution in [1.29, 1.82) is 5.41 Å². The van der Waals surface area contributed by atoms with Crippen LogP contribution in [-0.4, -0.2) is 11.9 Å². The van der Waals surface area contributed by atoms with Crippen molar-refractivity contribution < 1.29 is 0 Å². The second kappa shape index (κ2) is 15.2. The van der Waals surface area contributed by atoms with Crippen LogP contribution in [0.25, 0.3) is 49.9 Å². The van der Waals surface area contributed by atoms with E-state index in [9.17, 15) is 0 Å². The number of benzene rings is 9. The molecule has 0 radical (unpaired) electrons. The lowest BCUT2D eigenvalue weighted by Gasteiger charge is -2.45. The maximum Gasteiger partial charge on any atom is 0.0795 e. The van der Waals surface area contributed by atoms with Crippen molar-refractivity contribution >= 4 is 45.5 Å². The molecule has 0 unspecified atom stereocenters. The van der Waals surface area contributed by atoms with Gasteiger partial charge in [-0.05, 0) is 114 Å². The Morgan fingerprint density at radius 1 is 0.469 bits per heavy atom. The minimum atomic E-state index is -0.495. The minimum Gasteiger partial charge on any atom is -0.310 e. The van der Waals surface area contributed by atoms with Gasteiger partial charge in [0.1, 0.15) is 0 Å². The van der Waals surface area contributed by atoms with Crippen LogP contribution in [0.2, 0.25) is 0 Å². The van der Waals surface area contributed by atoms with E-state index in [-0.39, 0.29) is 0 Å². The second-order valence-electron chi connectivity index (χ2n) is 16.6. The van der Waals surface area contributed by atoms with Gasteiger partial charge in [-0.1, -0.05) is 194 Å². The van der Waals surface area contributed by atoms with Gasteiger partial charge < -0.3 is 10.3 Å². The maximum atomic E-state index is 8.86. The molecule has 9 aromatic carbocycles. The van der Waals surface area contributed by atoms with Gasteiger partial charge >= 0.3 is 0 Å². The number of allylic oxidation sites excluding steroid dienone is 5. The van der Waals surface area contributed by atoms with Crippen molar-refractivity contribution in [2.45, 2.75) is 5.41 Å². The summed E-state index contributed by atoms with van der Waals surface area (Å²) < 4.78 is 0. The van der Waals surface area contributed by atoms with E-state index in [1.54, 1.807) is 0 Å². The lowest BCUT2D eigenvalue weighted by Crippen LogP contribution is -2.36. The predicted octanol–water partition coefficient (Wildman–Crippen LogP) is 15.3. The molecule has 3 heteroatoms. The molecule has 1 heterocycles. The van der Waals surface area contributed by atoms with E-state index in [0.717, 1.165) is 44.8 Å². The molecule has 1 spiro atoms. The quantitative estimate of drug-likeness (QED) is 0.167. The summed E-state index contributed by atoms with van der Waals surface area (Å²) >= 11 is 0. The summed E-state index contributed by atoms with van der Waals surface area (Å²) in [4.78, 5) is 7.59. The van der Waals surface area contributed by atoms with E-state index in [1.165, 1.54) is 61.1 Å². The van der Waals surface area contributed by atoms with Crippen molar-refractivity contribution in [2.75, 3.05) is 4.90 Å². The maximum absolute atomic E-state index is 8.86. The first-order valence-electron chi connectivity index (χ1n) is 21.9. The number of rotatable bonds is 6. The fourth-order valence-electron chi connectivity index (χ4n) is 10.4. The predicted molar refractivity (Wildman–Crippen MR) is 267 cm³/mol. The van der Waals surface area contributed by atoms with Gasteiger partial charge in [-0.2, -0.15) is 0 Å². The molecule has 0 saturated carbocycles. The Hall–Kier alpha value is -8.40. The molecule has 1 N–H and O–H groups in total. The minimum absolute atomic E-state index is 0.439. The Morgan fingerprint density at radius 3 is 1.88 bits per heavy atom. The first-order valence-corrected chi connectivity index (χ1v) is 21.9. The third-order valence-electron chi connectivity index (χ3n) is 13.2. The number of para-hydroxylation sites is 3. The summed E-state index contributed by atoms with van der Waals surface area (Å²) in [5, 5.41) is 11.3. The van der Waals surface area contributed by atoms with E-state index < -0.39 is 5.41 Å². The van der Waals surface area contributed by atoms with Crippen LogP contribution in [0.3, 0.4) is 0 Å². The van der Waals surface area contributed by atoms with Crippen LogP contribution in [0.15, 0.2) is 247 Å². The molecule has 9 aromatic rings. The van der Waals surface area contributed by atoms with Gasteiger partial charge in [0, 0.05) is 23.0 Å². The fraction of sp³-hybridized carbons (Fsp3) is 0.0164. The van der Waals surface area contributed by atoms with Gasteiger partial charge in [0.25, 0.3) is 0 Å². The average molecular weight is 816 g/mol. The number of hydrogen-bond donors (Lipinski definition) is 1. The van der Waals surface area contributed by atoms with Crippen LogP contribution in [-0.2, 0) is 5.41 Å². The highest BCUT2D eigenvalue weighted by molar-refractivity contribution is 6.15. The van der Waals surface area contributed by atoms with E-state index >= 15 is 0 Å². The van der Waals surface area contributed by atoms with Gasteiger partial charge in [0.2, 0.25) is 0 Å². The van der Waals surface area contributed by atoms with Crippen LogP contribution in [0.5, 0.6) is 0 Å². The van der Waals surface area contributed by atoms with Gasteiger partial charge in [-0.25, -0.2) is 0 Å².